The van der Waals surface area contributed by atoms with Crippen LogP contribution in [-0.4, -0.2) is 29.2 Å². The summed E-state index contributed by atoms with van der Waals surface area (Å²) < 4.78 is 5.40. The highest BCUT2D eigenvalue weighted by atomic mass is 16.5. The van der Waals surface area contributed by atoms with E-state index in [4.69, 9.17) is 4.74 Å². The summed E-state index contributed by atoms with van der Waals surface area (Å²) in [5.74, 6) is -3.54. The predicted molar refractivity (Wildman–Crippen MR) is 66.5 cm³/mol. The van der Waals surface area contributed by atoms with Crippen molar-refractivity contribution in [2.75, 3.05) is 5.32 Å². The number of anilines is 1. The molecule has 0 radical (unpaired) electrons. The lowest BCUT2D eigenvalue weighted by atomic mass is 9.82. The quantitative estimate of drug-likeness (QED) is 0.734. The van der Waals surface area contributed by atoms with Crippen molar-refractivity contribution in [3.8, 4) is 5.75 Å². The van der Waals surface area contributed by atoms with Gasteiger partial charge in [-0.15, -0.1) is 0 Å². The van der Waals surface area contributed by atoms with Gasteiger partial charge in [0.2, 0.25) is 5.91 Å². The maximum atomic E-state index is 12.2. The largest absolute Gasteiger partial charge is 0.550 e. The Morgan fingerprint density at radius 1 is 1.20 bits per heavy atom. The van der Waals surface area contributed by atoms with Crippen LogP contribution in [0.15, 0.2) is 36.4 Å². The average molecular weight is 274 g/mol. The second-order valence-corrected chi connectivity index (χ2v) is 4.86. The molecule has 4 atom stereocenters. The summed E-state index contributed by atoms with van der Waals surface area (Å²) >= 11 is 0. The molecule has 2 aliphatic heterocycles. The number of aromatic hydroxyl groups is 1. The Kier molecular flexibility index (Phi) is 2.94. The molecule has 2 bridgehead atoms. The SMILES string of the molecule is O=C([O-])[C@@H]1[C@H](C(=O)Nc2cccc(O)c2)[C@H]2C=C[C@@H]1O2. The molecule has 1 saturated heterocycles. The molecular weight excluding hydrogens is 262 g/mol. The first kappa shape index (κ1) is 12.7. The molecule has 0 spiro atoms. The number of ether oxygens (including phenoxy) is 1. The molecule has 20 heavy (non-hydrogen) atoms. The number of phenolic OH excluding ortho intramolecular Hbond substituents is 1. The van der Waals surface area contributed by atoms with Gasteiger partial charge in [0, 0.05) is 23.6 Å². The maximum Gasteiger partial charge on any atom is 0.231 e. The first-order valence-electron chi connectivity index (χ1n) is 6.21. The number of fused-ring (bicyclic) bond motifs is 2. The van der Waals surface area contributed by atoms with Crippen molar-refractivity contribution in [1.29, 1.82) is 0 Å². The number of carbonyl (C=O) groups excluding carboxylic acids is 2. The van der Waals surface area contributed by atoms with Gasteiger partial charge in [0.15, 0.2) is 0 Å². The van der Waals surface area contributed by atoms with E-state index in [9.17, 15) is 19.8 Å². The number of hydrogen-bond acceptors (Lipinski definition) is 5. The highest BCUT2D eigenvalue weighted by molar-refractivity contribution is 5.96. The Hall–Kier alpha value is -2.34. The van der Waals surface area contributed by atoms with E-state index >= 15 is 0 Å². The van der Waals surface area contributed by atoms with Gasteiger partial charge in [-0.05, 0) is 12.1 Å². The van der Waals surface area contributed by atoms with Crippen LogP contribution >= 0.6 is 0 Å². The summed E-state index contributed by atoms with van der Waals surface area (Å²) in [6.07, 6.45) is 2.19. The van der Waals surface area contributed by atoms with Crippen molar-refractivity contribution >= 4 is 17.6 Å². The van der Waals surface area contributed by atoms with Crippen molar-refractivity contribution in [3.63, 3.8) is 0 Å². The van der Waals surface area contributed by atoms with Gasteiger partial charge in [0.05, 0.1) is 18.1 Å². The van der Waals surface area contributed by atoms with E-state index in [1.807, 2.05) is 0 Å². The normalized spacial score (nSPS) is 30.4. The van der Waals surface area contributed by atoms with Crippen molar-refractivity contribution < 1.29 is 24.5 Å². The van der Waals surface area contributed by atoms with Gasteiger partial charge in [-0.1, -0.05) is 18.2 Å². The first-order chi connectivity index (χ1) is 9.56. The Balaban J connectivity index is 1.80. The molecule has 1 fully saturated rings. The Labute approximate surface area is 114 Å². The number of benzene rings is 1. The van der Waals surface area contributed by atoms with E-state index < -0.39 is 35.9 Å². The number of carbonyl (C=O) groups is 2. The zero-order chi connectivity index (χ0) is 14.3. The van der Waals surface area contributed by atoms with Crippen LogP contribution in [-0.2, 0) is 14.3 Å². The van der Waals surface area contributed by atoms with Crippen molar-refractivity contribution in [3.05, 3.63) is 36.4 Å². The number of hydrogen-bond donors (Lipinski definition) is 2. The van der Waals surface area contributed by atoms with Gasteiger partial charge < -0.3 is 25.1 Å². The minimum absolute atomic E-state index is 0.0170. The molecular formula is C14H12NO5-. The molecule has 6 heteroatoms. The number of rotatable bonds is 3. The predicted octanol–water partition coefficient (Wildman–Crippen LogP) is -0.350. The summed E-state index contributed by atoms with van der Waals surface area (Å²) in [5, 5.41) is 23.1. The van der Waals surface area contributed by atoms with Gasteiger partial charge in [0.25, 0.3) is 0 Å². The Morgan fingerprint density at radius 3 is 2.55 bits per heavy atom. The molecule has 0 saturated carbocycles. The van der Waals surface area contributed by atoms with Gasteiger partial charge in [-0.2, -0.15) is 0 Å². The third-order valence-corrected chi connectivity index (χ3v) is 3.59. The highest BCUT2D eigenvalue weighted by Gasteiger charge is 2.50. The molecule has 3 rings (SSSR count). The zero-order valence-corrected chi connectivity index (χ0v) is 10.4. The molecule has 6 nitrogen and oxygen atoms in total. The van der Waals surface area contributed by atoms with Crippen LogP contribution in [0.5, 0.6) is 5.75 Å². The Morgan fingerprint density at radius 2 is 1.90 bits per heavy atom. The number of carboxylic acid groups (broad SMARTS) is 1. The van der Waals surface area contributed by atoms with Crippen LogP contribution in [0.4, 0.5) is 5.69 Å². The van der Waals surface area contributed by atoms with Crippen LogP contribution in [0.3, 0.4) is 0 Å². The topological polar surface area (TPSA) is 98.7 Å². The molecule has 2 N–H and O–H groups in total. The molecule has 1 aromatic rings. The fourth-order valence-corrected chi connectivity index (χ4v) is 2.71. The van der Waals surface area contributed by atoms with Gasteiger partial charge in [0.1, 0.15) is 5.75 Å². The lowest BCUT2D eigenvalue weighted by Crippen LogP contribution is -2.45. The lowest BCUT2D eigenvalue weighted by molar-refractivity contribution is -0.313. The summed E-state index contributed by atoms with van der Waals surface area (Å²) in [6, 6.07) is 6.05. The summed E-state index contributed by atoms with van der Waals surface area (Å²) in [6.45, 7) is 0. The van der Waals surface area contributed by atoms with Crippen molar-refractivity contribution in [2.24, 2.45) is 11.8 Å². The number of aliphatic carboxylic acids is 1. The van der Waals surface area contributed by atoms with Crippen LogP contribution in [0.1, 0.15) is 0 Å². The van der Waals surface area contributed by atoms with Crippen molar-refractivity contribution in [1.82, 2.24) is 0 Å². The lowest BCUT2D eigenvalue weighted by Gasteiger charge is -2.24. The fourth-order valence-electron chi connectivity index (χ4n) is 2.71. The van der Waals surface area contributed by atoms with Crippen LogP contribution < -0.4 is 10.4 Å². The highest BCUT2D eigenvalue weighted by Crippen LogP contribution is 2.39. The van der Waals surface area contributed by atoms with Gasteiger partial charge in [-0.25, -0.2) is 0 Å². The number of carboxylic acids is 1. The number of amides is 1. The van der Waals surface area contributed by atoms with E-state index in [1.165, 1.54) is 12.1 Å². The van der Waals surface area contributed by atoms with Crippen molar-refractivity contribution in [2.45, 2.75) is 12.2 Å². The van der Waals surface area contributed by atoms with Crippen LogP contribution in [0.2, 0.25) is 0 Å². The van der Waals surface area contributed by atoms with Gasteiger partial charge in [-0.3, -0.25) is 4.79 Å². The van der Waals surface area contributed by atoms with E-state index in [0.29, 0.717) is 5.69 Å². The molecule has 1 aromatic carbocycles. The monoisotopic (exact) mass is 274 g/mol. The third kappa shape index (κ3) is 2.04. The minimum Gasteiger partial charge on any atom is -0.550 e. The van der Waals surface area contributed by atoms with Gasteiger partial charge >= 0.3 is 0 Å². The van der Waals surface area contributed by atoms with E-state index in [0.717, 1.165) is 0 Å². The first-order valence-corrected chi connectivity index (χ1v) is 6.21. The molecule has 2 aliphatic rings. The molecule has 1 amide bonds. The number of phenols is 1. The van der Waals surface area contributed by atoms with E-state index in [-0.39, 0.29) is 5.75 Å². The van der Waals surface area contributed by atoms with E-state index in [2.05, 4.69) is 5.32 Å². The van der Waals surface area contributed by atoms with E-state index in [1.54, 1.807) is 24.3 Å². The number of nitrogens with one attached hydrogen (secondary N) is 1. The summed E-state index contributed by atoms with van der Waals surface area (Å²) in [5.41, 5.74) is 0.402. The second-order valence-electron chi connectivity index (χ2n) is 4.86. The summed E-state index contributed by atoms with van der Waals surface area (Å²) in [4.78, 5) is 23.4. The minimum atomic E-state index is -1.29. The zero-order valence-electron chi connectivity index (χ0n) is 10.4. The molecule has 0 aromatic heterocycles. The Bertz CT molecular complexity index is 597. The third-order valence-electron chi connectivity index (χ3n) is 3.59. The molecule has 104 valence electrons. The van der Waals surface area contributed by atoms with Crippen LogP contribution in [0.25, 0.3) is 0 Å². The molecule has 0 unspecified atom stereocenters. The van der Waals surface area contributed by atoms with Crippen LogP contribution in [0, 0.1) is 11.8 Å². The summed E-state index contributed by atoms with van der Waals surface area (Å²) in [7, 11) is 0. The fraction of sp³-hybridized carbons (Fsp3) is 0.286. The second kappa shape index (κ2) is 4.64. The maximum absolute atomic E-state index is 12.2. The molecule has 0 aliphatic carbocycles. The average Bonchev–Trinajstić information content (AvgIpc) is 2.98. The molecule has 2 heterocycles. The standard InChI is InChI=1S/C14H13NO5/c16-8-3-1-2-7(6-8)15-13(17)11-9-4-5-10(20-9)12(11)14(18)19/h1-6,9-12,16H,(H,15,17)(H,18,19)/p-1/t9-,10+,11-,12+/m1/s1. The smallest absolute Gasteiger partial charge is 0.231 e.